The lowest BCUT2D eigenvalue weighted by Crippen LogP contribution is -2.36. The maximum absolute atomic E-state index is 5.95. The first kappa shape index (κ1) is 14.3. The summed E-state index contributed by atoms with van der Waals surface area (Å²) in [7, 11) is 0. The summed E-state index contributed by atoms with van der Waals surface area (Å²) in [5.74, 6) is 0. The normalized spacial score (nSPS) is 22.1. The molecule has 0 amide bonds. The molecular formula is C19H24N2. The van der Waals surface area contributed by atoms with E-state index in [2.05, 4.69) is 59.9 Å². The summed E-state index contributed by atoms with van der Waals surface area (Å²) in [4.78, 5) is 0. The minimum Gasteiger partial charge on any atom is -0.328 e. The van der Waals surface area contributed by atoms with Gasteiger partial charge >= 0.3 is 0 Å². The fourth-order valence-corrected chi connectivity index (χ4v) is 3.03. The van der Waals surface area contributed by atoms with Crippen LogP contribution in [0.15, 0.2) is 54.6 Å². The van der Waals surface area contributed by atoms with Crippen molar-refractivity contribution >= 4 is 0 Å². The molecule has 2 heteroatoms. The fraction of sp³-hybridized carbons (Fsp3) is 0.368. The van der Waals surface area contributed by atoms with Crippen LogP contribution in [0, 0.1) is 0 Å². The van der Waals surface area contributed by atoms with Gasteiger partial charge in [-0.15, -0.1) is 0 Å². The number of hydrogen-bond donors (Lipinski definition) is 2. The molecule has 2 aromatic carbocycles. The SMILES string of the molecule is NC1CCC(NCc2ccc(-c3ccccc3)cc2)CC1. The molecule has 0 bridgehead atoms. The second kappa shape index (κ2) is 6.88. The van der Waals surface area contributed by atoms with Crippen molar-refractivity contribution in [2.24, 2.45) is 5.73 Å². The quantitative estimate of drug-likeness (QED) is 0.896. The molecule has 0 unspecified atom stereocenters. The highest BCUT2D eigenvalue weighted by molar-refractivity contribution is 5.63. The first-order valence-electron chi connectivity index (χ1n) is 7.94. The van der Waals surface area contributed by atoms with Gasteiger partial charge in [0.15, 0.2) is 0 Å². The summed E-state index contributed by atoms with van der Waals surface area (Å²) in [5.41, 5.74) is 9.86. The van der Waals surface area contributed by atoms with Gasteiger partial charge in [-0.2, -0.15) is 0 Å². The Balaban J connectivity index is 1.55. The third-order valence-electron chi connectivity index (χ3n) is 4.43. The molecule has 1 fully saturated rings. The second-order valence-electron chi connectivity index (χ2n) is 6.06. The lowest BCUT2D eigenvalue weighted by Gasteiger charge is -2.27. The lowest BCUT2D eigenvalue weighted by molar-refractivity contribution is 0.342. The molecule has 3 N–H and O–H groups in total. The molecule has 21 heavy (non-hydrogen) atoms. The van der Waals surface area contributed by atoms with Gasteiger partial charge in [-0.05, 0) is 42.4 Å². The molecule has 0 atom stereocenters. The van der Waals surface area contributed by atoms with Gasteiger partial charge in [0.1, 0.15) is 0 Å². The number of nitrogens with two attached hydrogens (primary N) is 1. The van der Waals surface area contributed by atoms with Crippen molar-refractivity contribution in [2.75, 3.05) is 0 Å². The van der Waals surface area contributed by atoms with Crippen LogP contribution in [0.1, 0.15) is 31.2 Å². The predicted molar refractivity (Wildman–Crippen MR) is 88.9 cm³/mol. The maximum atomic E-state index is 5.95. The molecule has 2 nitrogen and oxygen atoms in total. The van der Waals surface area contributed by atoms with Crippen LogP contribution in [0.25, 0.3) is 11.1 Å². The molecule has 0 saturated heterocycles. The van der Waals surface area contributed by atoms with Gasteiger partial charge in [-0.1, -0.05) is 54.6 Å². The standard InChI is InChI=1S/C19H24N2/c20-18-10-12-19(13-11-18)21-14-15-6-8-17(9-7-15)16-4-2-1-3-5-16/h1-9,18-19,21H,10-14,20H2. The zero-order chi connectivity index (χ0) is 14.5. The van der Waals surface area contributed by atoms with E-state index in [4.69, 9.17) is 5.73 Å². The Morgan fingerprint density at radius 1 is 0.810 bits per heavy atom. The van der Waals surface area contributed by atoms with Gasteiger partial charge in [-0.3, -0.25) is 0 Å². The van der Waals surface area contributed by atoms with E-state index in [-0.39, 0.29) is 0 Å². The number of nitrogens with one attached hydrogen (secondary N) is 1. The van der Waals surface area contributed by atoms with Crippen LogP contribution in [0.5, 0.6) is 0 Å². The van der Waals surface area contributed by atoms with Crippen LogP contribution in [-0.2, 0) is 6.54 Å². The van der Waals surface area contributed by atoms with Crippen molar-refractivity contribution < 1.29 is 0 Å². The average molecular weight is 280 g/mol. The highest BCUT2D eigenvalue weighted by Crippen LogP contribution is 2.20. The molecule has 0 aromatic heterocycles. The Hall–Kier alpha value is -1.64. The van der Waals surface area contributed by atoms with E-state index in [9.17, 15) is 0 Å². The van der Waals surface area contributed by atoms with Crippen molar-refractivity contribution in [1.82, 2.24) is 5.32 Å². The largest absolute Gasteiger partial charge is 0.328 e. The van der Waals surface area contributed by atoms with Crippen LogP contribution in [0.2, 0.25) is 0 Å². The fourth-order valence-electron chi connectivity index (χ4n) is 3.03. The molecule has 0 aliphatic heterocycles. The van der Waals surface area contributed by atoms with E-state index in [1.165, 1.54) is 29.5 Å². The molecule has 1 aliphatic rings. The van der Waals surface area contributed by atoms with Crippen LogP contribution in [0.3, 0.4) is 0 Å². The van der Waals surface area contributed by atoms with E-state index < -0.39 is 0 Å². The Labute approximate surface area is 127 Å². The van der Waals surface area contributed by atoms with Crippen LogP contribution < -0.4 is 11.1 Å². The summed E-state index contributed by atoms with van der Waals surface area (Å²) in [6.07, 6.45) is 4.74. The Morgan fingerprint density at radius 3 is 2.10 bits per heavy atom. The van der Waals surface area contributed by atoms with Crippen molar-refractivity contribution in [1.29, 1.82) is 0 Å². The molecule has 110 valence electrons. The lowest BCUT2D eigenvalue weighted by atomic mass is 9.91. The van der Waals surface area contributed by atoms with Crippen LogP contribution in [0.4, 0.5) is 0 Å². The summed E-state index contributed by atoms with van der Waals surface area (Å²) >= 11 is 0. The number of benzene rings is 2. The van der Waals surface area contributed by atoms with Crippen LogP contribution >= 0.6 is 0 Å². The summed E-state index contributed by atoms with van der Waals surface area (Å²) in [6, 6.07) is 20.5. The van der Waals surface area contributed by atoms with E-state index >= 15 is 0 Å². The Bertz CT molecular complexity index is 540. The number of rotatable bonds is 4. The van der Waals surface area contributed by atoms with Crippen molar-refractivity contribution in [2.45, 2.75) is 44.3 Å². The third-order valence-corrected chi connectivity index (χ3v) is 4.43. The first-order valence-corrected chi connectivity index (χ1v) is 7.94. The predicted octanol–water partition coefficient (Wildman–Crippen LogP) is 3.71. The van der Waals surface area contributed by atoms with Crippen molar-refractivity contribution in [3.63, 3.8) is 0 Å². The van der Waals surface area contributed by atoms with Crippen LogP contribution in [-0.4, -0.2) is 12.1 Å². The summed E-state index contributed by atoms with van der Waals surface area (Å²) in [5, 5.41) is 3.66. The van der Waals surface area contributed by atoms with Gasteiger partial charge < -0.3 is 11.1 Å². The topological polar surface area (TPSA) is 38.0 Å². The minimum atomic E-state index is 0.424. The molecule has 1 saturated carbocycles. The Kier molecular flexibility index (Phi) is 4.69. The zero-order valence-electron chi connectivity index (χ0n) is 12.5. The van der Waals surface area contributed by atoms with Gasteiger partial charge in [0.25, 0.3) is 0 Å². The third kappa shape index (κ3) is 3.93. The van der Waals surface area contributed by atoms with E-state index in [0.29, 0.717) is 12.1 Å². The smallest absolute Gasteiger partial charge is 0.0208 e. The average Bonchev–Trinajstić information content (AvgIpc) is 2.56. The van der Waals surface area contributed by atoms with Crippen molar-refractivity contribution in [3.8, 4) is 11.1 Å². The molecule has 0 heterocycles. The molecule has 0 spiro atoms. The Morgan fingerprint density at radius 2 is 1.43 bits per heavy atom. The van der Waals surface area contributed by atoms with Gasteiger partial charge in [0, 0.05) is 18.6 Å². The molecule has 3 rings (SSSR count). The highest BCUT2D eigenvalue weighted by atomic mass is 14.9. The van der Waals surface area contributed by atoms with E-state index in [1.807, 2.05) is 0 Å². The highest BCUT2D eigenvalue weighted by Gasteiger charge is 2.17. The van der Waals surface area contributed by atoms with E-state index in [1.54, 1.807) is 0 Å². The van der Waals surface area contributed by atoms with E-state index in [0.717, 1.165) is 19.4 Å². The monoisotopic (exact) mass is 280 g/mol. The summed E-state index contributed by atoms with van der Waals surface area (Å²) in [6.45, 7) is 0.953. The minimum absolute atomic E-state index is 0.424. The summed E-state index contributed by atoms with van der Waals surface area (Å²) < 4.78 is 0. The molecule has 0 radical (unpaired) electrons. The van der Waals surface area contributed by atoms with Gasteiger partial charge in [0.05, 0.1) is 0 Å². The molecule has 2 aromatic rings. The first-order chi connectivity index (χ1) is 10.3. The zero-order valence-corrected chi connectivity index (χ0v) is 12.5. The molecule has 1 aliphatic carbocycles. The number of hydrogen-bond acceptors (Lipinski definition) is 2. The van der Waals surface area contributed by atoms with Gasteiger partial charge in [-0.25, -0.2) is 0 Å². The maximum Gasteiger partial charge on any atom is 0.0208 e. The van der Waals surface area contributed by atoms with Crippen molar-refractivity contribution in [3.05, 3.63) is 60.2 Å². The molecular weight excluding hydrogens is 256 g/mol. The second-order valence-corrected chi connectivity index (χ2v) is 6.06. The van der Waals surface area contributed by atoms with Gasteiger partial charge in [0.2, 0.25) is 0 Å².